The SMILES string of the molecule is CCc1ccc(N=C2NC(=O)/C(=C/c3cccn3-c3ccc(OC)cc3)S2)cc1. The normalized spacial score (nSPS) is 16.4. The maximum absolute atomic E-state index is 12.4. The van der Waals surface area contributed by atoms with E-state index in [0.717, 1.165) is 29.2 Å². The van der Waals surface area contributed by atoms with Gasteiger partial charge in [-0.25, -0.2) is 4.99 Å². The van der Waals surface area contributed by atoms with Crippen molar-refractivity contribution in [1.29, 1.82) is 0 Å². The first-order chi connectivity index (χ1) is 14.2. The second-order valence-electron chi connectivity index (χ2n) is 6.50. The minimum atomic E-state index is -0.138. The molecule has 29 heavy (non-hydrogen) atoms. The largest absolute Gasteiger partial charge is 0.497 e. The molecule has 0 spiro atoms. The molecule has 1 aromatic heterocycles. The van der Waals surface area contributed by atoms with Gasteiger partial charge in [-0.05, 0) is 78.4 Å². The van der Waals surface area contributed by atoms with Crippen LogP contribution in [0.25, 0.3) is 11.8 Å². The van der Waals surface area contributed by atoms with Gasteiger partial charge in [0, 0.05) is 17.6 Å². The molecular weight excluding hydrogens is 382 g/mol. The van der Waals surface area contributed by atoms with Gasteiger partial charge in [0.15, 0.2) is 5.17 Å². The first-order valence-electron chi connectivity index (χ1n) is 9.36. The third-order valence-electron chi connectivity index (χ3n) is 4.64. The number of nitrogens with one attached hydrogen (secondary N) is 1. The highest BCUT2D eigenvalue weighted by Crippen LogP contribution is 2.29. The van der Waals surface area contributed by atoms with Gasteiger partial charge in [-0.3, -0.25) is 4.79 Å². The van der Waals surface area contributed by atoms with Gasteiger partial charge in [0.25, 0.3) is 5.91 Å². The van der Waals surface area contributed by atoms with Crippen LogP contribution in [0.1, 0.15) is 18.2 Å². The average molecular weight is 404 g/mol. The predicted molar refractivity (Wildman–Crippen MR) is 119 cm³/mol. The number of ether oxygens (including phenoxy) is 1. The van der Waals surface area contributed by atoms with Gasteiger partial charge in [-0.2, -0.15) is 0 Å². The number of rotatable bonds is 5. The summed E-state index contributed by atoms with van der Waals surface area (Å²) in [5.41, 5.74) is 4.00. The Hall–Kier alpha value is -3.25. The van der Waals surface area contributed by atoms with Crippen molar-refractivity contribution in [1.82, 2.24) is 9.88 Å². The molecule has 5 nitrogen and oxygen atoms in total. The van der Waals surface area contributed by atoms with Crippen molar-refractivity contribution in [3.63, 3.8) is 0 Å². The molecular formula is C23H21N3O2S. The molecule has 1 amide bonds. The van der Waals surface area contributed by atoms with E-state index in [2.05, 4.69) is 29.4 Å². The Kier molecular flexibility index (Phi) is 5.53. The van der Waals surface area contributed by atoms with Crippen LogP contribution < -0.4 is 10.1 Å². The standard InChI is InChI=1S/C23H21N3O2S/c1-3-16-6-8-17(9-7-16)24-23-25-22(27)21(29-23)15-19-5-4-14-26(19)18-10-12-20(28-2)13-11-18/h4-15H,3H2,1-2H3,(H,24,25,27)/b21-15-. The molecule has 1 fully saturated rings. The van der Waals surface area contributed by atoms with E-state index < -0.39 is 0 Å². The van der Waals surface area contributed by atoms with E-state index in [-0.39, 0.29) is 5.91 Å². The third-order valence-corrected chi connectivity index (χ3v) is 5.55. The molecule has 0 bridgehead atoms. The maximum Gasteiger partial charge on any atom is 0.264 e. The second-order valence-corrected chi connectivity index (χ2v) is 7.53. The molecule has 1 aliphatic heterocycles. The number of aliphatic imine (C=N–C) groups is 1. The molecule has 4 rings (SSSR count). The Labute approximate surface area is 174 Å². The van der Waals surface area contributed by atoms with Crippen LogP contribution in [0, 0.1) is 0 Å². The number of hydrogen-bond donors (Lipinski definition) is 1. The first kappa shape index (κ1) is 19.1. The number of thioether (sulfide) groups is 1. The first-order valence-corrected chi connectivity index (χ1v) is 10.2. The Morgan fingerprint density at radius 2 is 1.86 bits per heavy atom. The van der Waals surface area contributed by atoms with Crippen molar-refractivity contribution >= 4 is 34.6 Å². The number of amidine groups is 1. The zero-order valence-electron chi connectivity index (χ0n) is 16.3. The predicted octanol–water partition coefficient (Wildman–Crippen LogP) is 4.94. The molecule has 0 atom stereocenters. The number of carbonyl (C=O) groups excluding carboxylic acids is 1. The van der Waals surface area contributed by atoms with Gasteiger partial charge in [-0.15, -0.1) is 0 Å². The van der Waals surface area contributed by atoms with Crippen molar-refractivity contribution in [2.45, 2.75) is 13.3 Å². The summed E-state index contributed by atoms with van der Waals surface area (Å²) in [6.07, 6.45) is 4.84. The van der Waals surface area contributed by atoms with E-state index in [0.29, 0.717) is 10.1 Å². The Balaban J connectivity index is 1.56. The topological polar surface area (TPSA) is 55.6 Å². The highest BCUT2D eigenvalue weighted by Gasteiger charge is 2.24. The van der Waals surface area contributed by atoms with Crippen LogP contribution in [-0.4, -0.2) is 22.8 Å². The van der Waals surface area contributed by atoms with E-state index in [1.54, 1.807) is 7.11 Å². The molecule has 146 valence electrons. The number of amides is 1. The number of nitrogens with zero attached hydrogens (tertiary/aromatic N) is 2. The molecule has 1 N–H and O–H groups in total. The molecule has 0 radical (unpaired) electrons. The van der Waals surface area contributed by atoms with E-state index in [1.165, 1.54) is 17.3 Å². The van der Waals surface area contributed by atoms with E-state index in [9.17, 15) is 4.79 Å². The summed E-state index contributed by atoms with van der Waals surface area (Å²) in [5.74, 6) is 0.667. The number of hydrogen-bond acceptors (Lipinski definition) is 4. The van der Waals surface area contributed by atoms with Crippen LogP contribution in [0.15, 0.2) is 76.8 Å². The number of methoxy groups -OCH3 is 1. The van der Waals surface area contributed by atoms with Gasteiger partial charge < -0.3 is 14.6 Å². The highest BCUT2D eigenvalue weighted by molar-refractivity contribution is 8.18. The van der Waals surface area contributed by atoms with Crippen LogP contribution >= 0.6 is 11.8 Å². The highest BCUT2D eigenvalue weighted by atomic mass is 32.2. The minimum Gasteiger partial charge on any atom is -0.497 e. The molecule has 0 unspecified atom stereocenters. The monoisotopic (exact) mass is 403 g/mol. The lowest BCUT2D eigenvalue weighted by atomic mass is 10.2. The lowest BCUT2D eigenvalue weighted by Crippen LogP contribution is -2.19. The molecule has 2 heterocycles. The Morgan fingerprint density at radius 1 is 1.10 bits per heavy atom. The van der Waals surface area contributed by atoms with E-state index in [4.69, 9.17) is 4.74 Å². The van der Waals surface area contributed by atoms with Crippen molar-refractivity contribution in [3.8, 4) is 11.4 Å². The third kappa shape index (κ3) is 4.27. The number of aryl methyl sites for hydroxylation is 1. The molecule has 2 aromatic carbocycles. The zero-order valence-corrected chi connectivity index (χ0v) is 17.1. The summed E-state index contributed by atoms with van der Waals surface area (Å²) in [4.78, 5) is 17.6. The van der Waals surface area contributed by atoms with Gasteiger partial charge in [0.2, 0.25) is 0 Å². The molecule has 3 aromatic rings. The van der Waals surface area contributed by atoms with Crippen LogP contribution in [0.5, 0.6) is 5.75 Å². The number of carbonyl (C=O) groups is 1. The summed E-state index contributed by atoms with van der Waals surface area (Å²) in [5, 5.41) is 3.44. The van der Waals surface area contributed by atoms with E-state index in [1.807, 2.05) is 65.4 Å². The zero-order chi connectivity index (χ0) is 20.2. The molecule has 0 saturated carbocycles. The van der Waals surface area contributed by atoms with Crippen molar-refractivity contribution in [2.24, 2.45) is 4.99 Å². The fraction of sp³-hybridized carbons (Fsp3) is 0.130. The van der Waals surface area contributed by atoms with Crippen LogP contribution in [0.4, 0.5) is 5.69 Å². The quantitative estimate of drug-likeness (QED) is 0.614. The Morgan fingerprint density at radius 3 is 2.55 bits per heavy atom. The van der Waals surface area contributed by atoms with Crippen molar-refractivity contribution in [2.75, 3.05) is 7.11 Å². The average Bonchev–Trinajstić information content (AvgIpc) is 3.35. The molecule has 6 heteroatoms. The summed E-state index contributed by atoms with van der Waals surface area (Å²) in [6, 6.07) is 19.8. The van der Waals surface area contributed by atoms with E-state index >= 15 is 0 Å². The van der Waals surface area contributed by atoms with Gasteiger partial charge in [0.1, 0.15) is 5.75 Å². The minimum absolute atomic E-state index is 0.138. The van der Waals surface area contributed by atoms with Crippen molar-refractivity contribution < 1.29 is 9.53 Å². The lowest BCUT2D eigenvalue weighted by Gasteiger charge is -2.08. The van der Waals surface area contributed by atoms with Gasteiger partial charge in [-0.1, -0.05) is 19.1 Å². The van der Waals surface area contributed by atoms with Crippen LogP contribution in [-0.2, 0) is 11.2 Å². The molecule has 0 aliphatic carbocycles. The second kappa shape index (κ2) is 8.41. The summed E-state index contributed by atoms with van der Waals surface area (Å²) >= 11 is 1.35. The summed E-state index contributed by atoms with van der Waals surface area (Å²) in [7, 11) is 1.65. The summed E-state index contributed by atoms with van der Waals surface area (Å²) in [6.45, 7) is 2.12. The number of benzene rings is 2. The maximum atomic E-state index is 12.4. The van der Waals surface area contributed by atoms with Crippen molar-refractivity contribution in [3.05, 3.63) is 83.0 Å². The van der Waals surface area contributed by atoms with Crippen LogP contribution in [0.2, 0.25) is 0 Å². The van der Waals surface area contributed by atoms with Crippen LogP contribution in [0.3, 0.4) is 0 Å². The fourth-order valence-corrected chi connectivity index (χ4v) is 3.85. The molecule has 1 saturated heterocycles. The fourth-order valence-electron chi connectivity index (χ4n) is 3.03. The Bertz CT molecular complexity index is 1080. The summed E-state index contributed by atoms with van der Waals surface area (Å²) < 4.78 is 7.25. The lowest BCUT2D eigenvalue weighted by molar-refractivity contribution is -0.115. The van der Waals surface area contributed by atoms with Gasteiger partial charge >= 0.3 is 0 Å². The van der Waals surface area contributed by atoms with Gasteiger partial charge in [0.05, 0.1) is 17.7 Å². The molecule has 1 aliphatic rings. The number of aromatic nitrogens is 1. The smallest absolute Gasteiger partial charge is 0.264 e.